The van der Waals surface area contributed by atoms with Gasteiger partial charge >= 0.3 is 0 Å². The van der Waals surface area contributed by atoms with Crippen molar-refractivity contribution in [3.63, 3.8) is 0 Å². The highest BCUT2D eigenvalue weighted by Gasteiger charge is 2.13. The number of amides is 1. The third-order valence-corrected chi connectivity index (χ3v) is 4.84. The maximum atomic E-state index is 11.5. The summed E-state index contributed by atoms with van der Waals surface area (Å²) in [6.07, 6.45) is 24.6. The topological polar surface area (TPSA) is 43.1 Å². The van der Waals surface area contributed by atoms with Crippen molar-refractivity contribution in [1.29, 1.82) is 0 Å². The smallest absolute Gasteiger partial charge is 0.220 e. The summed E-state index contributed by atoms with van der Waals surface area (Å²) in [7, 11) is 0. The van der Waals surface area contributed by atoms with E-state index >= 15 is 0 Å². The molecule has 144 valence electrons. The van der Waals surface area contributed by atoms with Crippen LogP contribution in [0.1, 0.15) is 103 Å². The van der Waals surface area contributed by atoms with Crippen molar-refractivity contribution in [3.8, 4) is 0 Å². The molecule has 0 aliphatic carbocycles. The summed E-state index contributed by atoms with van der Waals surface area (Å²) in [6, 6.07) is 0. The highest BCUT2D eigenvalue weighted by atomic mass is 16.1. The highest BCUT2D eigenvalue weighted by molar-refractivity contribution is 5.76. The lowest BCUT2D eigenvalue weighted by molar-refractivity contribution is -0.122. The summed E-state index contributed by atoms with van der Waals surface area (Å²) in [5, 5.41) is 0. The molecule has 1 unspecified atom stereocenters. The van der Waals surface area contributed by atoms with E-state index in [0.717, 1.165) is 25.7 Å². The molecule has 0 aromatic carbocycles. The molecule has 2 N–H and O–H groups in total. The maximum absolute atomic E-state index is 11.5. The summed E-state index contributed by atoms with van der Waals surface area (Å²) in [5.74, 6) is -0.115. The molecule has 0 aliphatic rings. The summed E-state index contributed by atoms with van der Waals surface area (Å²) in [5.41, 5.74) is 8.23. The molecule has 0 saturated heterocycles. The molecule has 1 atom stereocenters. The van der Waals surface area contributed by atoms with E-state index in [1.165, 1.54) is 70.6 Å². The van der Waals surface area contributed by atoms with E-state index < -0.39 is 0 Å². The standard InChI is InChI=1S/C23H41NO/c1-3-5-7-9-10-11-12-13-14-15-17-19-21-22(23(24)25)20-18-16-8-6-4-2/h6,8,16,22H,2-3,5,7,9-15,17-21H2,1H3,(H2,24,25)/b16-8+. The second kappa shape index (κ2) is 19.1. The fraction of sp³-hybridized carbons (Fsp3) is 0.739. The number of nitrogens with two attached hydrogens (primary N) is 1. The number of rotatable bonds is 18. The number of primary amides is 1. The number of hydrogen-bond acceptors (Lipinski definition) is 1. The van der Waals surface area contributed by atoms with Gasteiger partial charge in [-0.1, -0.05) is 103 Å². The van der Waals surface area contributed by atoms with E-state index in [2.05, 4.69) is 25.3 Å². The van der Waals surface area contributed by atoms with Crippen molar-refractivity contribution in [3.05, 3.63) is 30.5 Å². The molecule has 2 nitrogen and oxygen atoms in total. The van der Waals surface area contributed by atoms with Gasteiger partial charge in [0.15, 0.2) is 0 Å². The minimum absolute atomic E-state index is 0.0282. The van der Waals surface area contributed by atoms with E-state index in [4.69, 9.17) is 5.73 Å². The SMILES string of the molecule is C=C=C/C=C/CCC(CCCCCCCCCCCCCC)C(N)=O. The first-order valence-electron chi connectivity index (χ1n) is 10.5. The Labute approximate surface area is 156 Å². The molecule has 0 saturated carbocycles. The largest absolute Gasteiger partial charge is 0.369 e. The number of allylic oxidation sites excluding steroid dienone is 3. The van der Waals surface area contributed by atoms with E-state index in [1.807, 2.05) is 6.08 Å². The molecule has 0 radical (unpaired) electrons. The van der Waals surface area contributed by atoms with Gasteiger partial charge in [0.05, 0.1) is 0 Å². The van der Waals surface area contributed by atoms with Gasteiger partial charge in [0.2, 0.25) is 5.91 Å². The molecule has 1 amide bonds. The van der Waals surface area contributed by atoms with Crippen LogP contribution in [0.5, 0.6) is 0 Å². The lowest BCUT2D eigenvalue weighted by Gasteiger charge is -2.11. The van der Waals surface area contributed by atoms with Crippen LogP contribution in [0.3, 0.4) is 0 Å². The van der Waals surface area contributed by atoms with E-state index in [0.29, 0.717) is 0 Å². The van der Waals surface area contributed by atoms with Crippen molar-refractivity contribution in [1.82, 2.24) is 0 Å². The molecule has 0 aliphatic heterocycles. The third-order valence-electron chi connectivity index (χ3n) is 4.84. The summed E-state index contributed by atoms with van der Waals surface area (Å²) >= 11 is 0. The van der Waals surface area contributed by atoms with Crippen molar-refractivity contribution in [2.75, 3.05) is 0 Å². The minimum Gasteiger partial charge on any atom is -0.369 e. The van der Waals surface area contributed by atoms with Crippen LogP contribution < -0.4 is 5.73 Å². The Kier molecular flexibility index (Phi) is 18.1. The number of carbonyl (C=O) groups excluding carboxylic acids is 1. The third kappa shape index (κ3) is 17.3. The van der Waals surface area contributed by atoms with Crippen molar-refractivity contribution < 1.29 is 4.79 Å². The van der Waals surface area contributed by atoms with E-state index in [9.17, 15) is 4.79 Å². The maximum Gasteiger partial charge on any atom is 0.220 e. The first-order chi connectivity index (χ1) is 12.2. The molecule has 0 fully saturated rings. The van der Waals surface area contributed by atoms with Gasteiger partial charge < -0.3 is 5.73 Å². The van der Waals surface area contributed by atoms with E-state index in [1.54, 1.807) is 6.08 Å². The van der Waals surface area contributed by atoms with Crippen LogP contribution in [0.25, 0.3) is 0 Å². The Bertz CT molecular complexity index is 380. The van der Waals surface area contributed by atoms with Crippen LogP contribution in [-0.2, 0) is 4.79 Å². The first kappa shape index (κ1) is 23.7. The first-order valence-corrected chi connectivity index (χ1v) is 10.5. The highest BCUT2D eigenvalue weighted by Crippen LogP contribution is 2.17. The van der Waals surface area contributed by atoms with Crippen LogP contribution in [0.2, 0.25) is 0 Å². The Balaban J connectivity index is 3.50. The Hall–Kier alpha value is -1.27. The lowest BCUT2D eigenvalue weighted by atomic mass is 9.95. The fourth-order valence-electron chi connectivity index (χ4n) is 3.19. The van der Waals surface area contributed by atoms with Gasteiger partial charge in [0, 0.05) is 5.92 Å². The average Bonchev–Trinajstić information content (AvgIpc) is 2.60. The molecule has 25 heavy (non-hydrogen) atoms. The van der Waals surface area contributed by atoms with Crippen LogP contribution in [0.15, 0.2) is 30.5 Å². The lowest BCUT2D eigenvalue weighted by Crippen LogP contribution is -2.23. The van der Waals surface area contributed by atoms with Gasteiger partial charge in [-0.15, -0.1) is 5.73 Å². The van der Waals surface area contributed by atoms with Crippen molar-refractivity contribution >= 4 is 5.91 Å². The minimum atomic E-state index is -0.143. The summed E-state index contributed by atoms with van der Waals surface area (Å²) in [6.45, 7) is 5.78. The quantitative estimate of drug-likeness (QED) is 0.164. The molecule has 0 aromatic rings. The van der Waals surface area contributed by atoms with Gasteiger partial charge in [-0.05, 0) is 25.3 Å². The molecule has 0 bridgehead atoms. The molecule has 0 heterocycles. The van der Waals surface area contributed by atoms with Crippen LogP contribution in [0, 0.1) is 5.92 Å². The summed E-state index contributed by atoms with van der Waals surface area (Å²) in [4.78, 5) is 11.5. The molecule has 0 aromatic heterocycles. The zero-order valence-electron chi connectivity index (χ0n) is 16.6. The van der Waals surface area contributed by atoms with Crippen LogP contribution >= 0.6 is 0 Å². The fourth-order valence-corrected chi connectivity index (χ4v) is 3.19. The normalized spacial score (nSPS) is 12.2. The van der Waals surface area contributed by atoms with E-state index in [-0.39, 0.29) is 11.8 Å². The molecular formula is C23H41NO. The molecule has 0 rings (SSSR count). The second-order valence-corrected chi connectivity index (χ2v) is 7.15. The van der Waals surface area contributed by atoms with Crippen molar-refractivity contribution in [2.45, 2.75) is 103 Å². The molecule has 0 spiro atoms. The van der Waals surface area contributed by atoms with Gasteiger partial charge in [-0.25, -0.2) is 0 Å². The molecular weight excluding hydrogens is 306 g/mol. The zero-order chi connectivity index (χ0) is 18.6. The predicted molar refractivity (Wildman–Crippen MR) is 110 cm³/mol. The summed E-state index contributed by atoms with van der Waals surface area (Å²) < 4.78 is 0. The van der Waals surface area contributed by atoms with Gasteiger partial charge in [0.25, 0.3) is 0 Å². The van der Waals surface area contributed by atoms with Crippen LogP contribution in [0.4, 0.5) is 0 Å². The Morgan fingerprint density at radius 3 is 1.92 bits per heavy atom. The zero-order valence-corrected chi connectivity index (χ0v) is 16.6. The predicted octanol–water partition coefficient (Wildman–Crippen LogP) is 6.86. The second-order valence-electron chi connectivity index (χ2n) is 7.15. The Morgan fingerprint density at radius 1 is 0.920 bits per heavy atom. The van der Waals surface area contributed by atoms with Gasteiger partial charge in [0.1, 0.15) is 0 Å². The monoisotopic (exact) mass is 347 g/mol. The molecule has 2 heteroatoms. The van der Waals surface area contributed by atoms with Crippen molar-refractivity contribution in [2.24, 2.45) is 11.7 Å². The number of unbranched alkanes of at least 4 members (excludes halogenated alkanes) is 11. The van der Waals surface area contributed by atoms with Gasteiger partial charge in [-0.2, -0.15) is 0 Å². The number of hydrogen-bond donors (Lipinski definition) is 1. The number of carbonyl (C=O) groups is 1. The van der Waals surface area contributed by atoms with Gasteiger partial charge in [-0.3, -0.25) is 4.79 Å². The Morgan fingerprint density at radius 2 is 1.44 bits per heavy atom. The average molecular weight is 348 g/mol. The van der Waals surface area contributed by atoms with Crippen LogP contribution in [-0.4, -0.2) is 5.91 Å².